The van der Waals surface area contributed by atoms with Crippen LogP contribution in [-0.2, 0) is 24.9 Å². The number of methoxy groups -OCH3 is 1. The molecule has 0 aliphatic carbocycles. The van der Waals surface area contributed by atoms with Crippen molar-refractivity contribution in [3.63, 3.8) is 0 Å². The zero-order valence-corrected chi connectivity index (χ0v) is 20.3. The third kappa shape index (κ3) is 5.10. The maximum atomic E-state index is 12.8. The van der Waals surface area contributed by atoms with Crippen LogP contribution in [0, 0.1) is 0 Å². The molecule has 2 aromatic heterocycles. The zero-order valence-electron chi connectivity index (χ0n) is 20.3. The van der Waals surface area contributed by atoms with Gasteiger partial charge in [-0.25, -0.2) is 4.98 Å². The van der Waals surface area contributed by atoms with E-state index in [1.54, 1.807) is 13.3 Å². The van der Waals surface area contributed by atoms with Gasteiger partial charge in [0.15, 0.2) is 0 Å². The van der Waals surface area contributed by atoms with E-state index in [1.807, 2.05) is 78.5 Å². The number of anilines is 1. The highest BCUT2D eigenvalue weighted by molar-refractivity contribution is 5.94. The third-order valence-corrected chi connectivity index (χ3v) is 6.22. The summed E-state index contributed by atoms with van der Waals surface area (Å²) in [4.78, 5) is 20.6. The topological polar surface area (TPSA) is 81.2 Å². The van der Waals surface area contributed by atoms with Crippen molar-refractivity contribution in [1.29, 1.82) is 0 Å². The number of hydrogen-bond acceptors (Lipinski definition) is 4. The number of imidazole rings is 1. The van der Waals surface area contributed by atoms with Gasteiger partial charge in [-0.05, 0) is 72.1 Å². The Labute approximate surface area is 209 Å². The number of ether oxygens (including phenoxy) is 2. The SMILES string of the molecule is COc1ccc(-c2[nH]c3ccccc3c2CCC(=O)Nc2ccc(OCc3nccn3C)cc2)cc1. The predicted octanol–water partition coefficient (Wildman–Crippen LogP) is 5.73. The molecule has 182 valence electrons. The zero-order chi connectivity index (χ0) is 24.9. The number of fused-ring (bicyclic) bond motifs is 1. The van der Waals surface area contributed by atoms with Crippen LogP contribution < -0.4 is 14.8 Å². The molecule has 0 radical (unpaired) electrons. The fraction of sp³-hybridized carbons (Fsp3) is 0.172. The molecule has 0 saturated heterocycles. The molecule has 5 aromatic rings. The second-order valence-electron chi connectivity index (χ2n) is 8.57. The number of H-pyrrole nitrogens is 1. The van der Waals surface area contributed by atoms with Gasteiger partial charge in [-0.1, -0.05) is 18.2 Å². The summed E-state index contributed by atoms with van der Waals surface area (Å²) in [6, 6.07) is 23.5. The Kier molecular flexibility index (Phi) is 6.71. The van der Waals surface area contributed by atoms with Gasteiger partial charge in [0.1, 0.15) is 23.9 Å². The van der Waals surface area contributed by atoms with Crippen molar-refractivity contribution < 1.29 is 14.3 Å². The summed E-state index contributed by atoms with van der Waals surface area (Å²) >= 11 is 0. The highest BCUT2D eigenvalue weighted by Gasteiger charge is 2.15. The monoisotopic (exact) mass is 480 g/mol. The molecule has 0 unspecified atom stereocenters. The van der Waals surface area contributed by atoms with E-state index in [0.717, 1.165) is 50.7 Å². The van der Waals surface area contributed by atoms with Crippen LogP contribution in [0.25, 0.3) is 22.2 Å². The van der Waals surface area contributed by atoms with Gasteiger partial charge in [0.05, 0.1) is 7.11 Å². The molecule has 0 aliphatic rings. The quantitative estimate of drug-likeness (QED) is 0.282. The lowest BCUT2D eigenvalue weighted by atomic mass is 10.0. The Bertz CT molecular complexity index is 1470. The number of carbonyl (C=O) groups excluding carboxylic acids is 1. The van der Waals surface area contributed by atoms with Gasteiger partial charge in [0, 0.05) is 48.1 Å². The van der Waals surface area contributed by atoms with E-state index < -0.39 is 0 Å². The van der Waals surface area contributed by atoms with Gasteiger partial charge in [-0.2, -0.15) is 0 Å². The number of aryl methyl sites for hydroxylation is 2. The number of amides is 1. The van der Waals surface area contributed by atoms with Crippen LogP contribution >= 0.6 is 0 Å². The molecule has 7 heteroatoms. The first-order chi connectivity index (χ1) is 17.6. The summed E-state index contributed by atoms with van der Waals surface area (Å²) in [7, 11) is 3.59. The van der Waals surface area contributed by atoms with Crippen LogP contribution in [0.2, 0.25) is 0 Å². The summed E-state index contributed by atoms with van der Waals surface area (Å²) < 4.78 is 13.0. The number of nitrogens with one attached hydrogen (secondary N) is 2. The maximum absolute atomic E-state index is 12.8. The van der Waals surface area contributed by atoms with Crippen LogP contribution in [0.1, 0.15) is 17.8 Å². The van der Waals surface area contributed by atoms with Gasteiger partial charge in [0.25, 0.3) is 0 Å². The van der Waals surface area contributed by atoms with Crippen molar-refractivity contribution in [3.05, 3.63) is 96.6 Å². The van der Waals surface area contributed by atoms with E-state index in [2.05, 4.69) is 27.4 Å². The number of nitrogens with zero attached hydrogens (tertiary/aromatic N) is 2. The molecule has 0 bridgehead atoms. The molecule has 0 atom stereocenters. The molecular formula is C29H28N4O3. The number of para-hydroxylation sites is 1. The first kappa shape index (κ1) is 23.2. The van der Waals surface area contributed by atoms with Gasteiger partial charge in [-0.15, -0.1) is 0 Å². The lowest BCUT2D eigenvalue weighted by Crippen LogP contribution is -2.12. The molecule has 36 heavy (non-hydrogen) atoms. The molecule has 2 heterocycles. The van der Waals surface area contributed by atoms with E-state index in [1.165, 1.54) is 0 Å². The minimum atomic E-state index is -0.0392. The minimum absolute atomic E-state index is 0.0392. The van der Waals surface area contributed by atoms with E-state index in [-0.39, 0.29) is 5.91 Å². The molecule has 5 rings (SSSR count). The average Bonchev–Trinajstić information content (AvgIpc) is 3.50. The Morgan fingerprint density at radius 1 is 1.00 bits per heavy atom. The molecule has 1 amide bonds. The normalized spacial score (nSPS) is 10.9. The highest BCUT2D eigenvalue weighted by atomic mass is 16.5. The van der Waals surface area contributed by atoms with E-state index in [9.17, 15) is 4.79 Å². The highest BCUT2D eigenvalue weighted by Crippen LogP contribution is 2.32. The molecule has 2 N–H and O–H groups in total. The standard InChI is InChI=1S/C29H28N4O3/c1-33-18-17-30-27(33)19-36-23-13-9-21(10-14-23)31-28(34)16-15-25-24-5-3-4-6-26(24)32-29(25)20-7-11-22(35-2)12-8-20/h3-14,17-18,32H,15-16,19H2,1-2H3,(H,31,34). The van der Waals surface area contributed by atoms with Crippen molar-refractivity contribution in [2.45, 2.75) is 19.4 Å². The number of aromatic amines is 1. The van der Waals surface area contributed by atoms with Crippen molar-refractivity contribution in [3.8, 4) is 22.8 Å². The number of hydrogen-bond donors (Lipinski definition) is 2. The third-order valence-electron chi connectivity index (χ3n) is 6.22. The van der Waals surface area contributed by atoms with Crippen molar-refractivity contribution in [1.82, 2.24) is 14.5 Å². The Hall–Kier alpha value is -4.52. The molecular weight excluding hydrogens is 452 g/mol. The van der Waals surface area contributed by atoms with Gasteiger partial charge >= 0.3 is 0 Å². The fourth-order valence-corrected chi connectivity index (χ4v) is 4.24. The van der Waals surface area contributed by atoms with E-state index in [4.69, 9.17) is 9.47 Å². The number of rotatable bonds is 9. The summed E-state index contributed by atoms with van der Waals surface area (Å²) in [5, 5.41) is 4.12. The van der Waals surface area contributed by atoms with Crippen LogP contribution in [0.4, 0.5) is 5.69 Å². The number of carbonyl (C=O) groups is 1. The van der Waals surface area contributed by atoms with Gasteiger partial charge in [0.2, 0.25) is 5.91 Å². The second-order valence-corrected chi connectivity index (χ2v) is 8.57. The van der Waals surface area contributed by atoms with Gasteiger partial charge in [-0.3, -0.25) is 4.79 Å². The summed E-state index contributed by atoms with van der Waals surface area (Å²) in [5.74, 6) is 2.34. The summed E-state index contributed by atoms with van der Waals surface area (Å²) in [5.41, 5.74) is 5.01. The lowest BCUT2D eigenvalue weighted by Gasteiger charge is -2.09. The molecule has 0 spiro atoms. The first-order valence-corrected chi connectivity index (χ1v) is 11.8. The average molecular weight is 481 g/mol. The maximum Gasteiger partial charge on any atom is 0.224 e. The first-order valence-electron chi connectivity index (χ1n) is 11.8. The van der Waals surface area contributed by atoms with Crippen LogP contribution in [0.15, 0.2) is 85.2 Å². The smallest absolute Gasteiger partial charge is 0.224 e. The summed E-state index contributed by atoms with van der Waals surface area (Å²) in [6.45, 7) is 0.385. The van der Waals surface area contributed by atoms with Crippen LogP contribution in [-0.4, -0.2) is 27.6 Å². The lowest BCUT2D eigenvalue weighted by molar-refractivity contribution is -0.116. The second kappa shape index (κ2) is 10.4. The van der Waals surface area contributed by atoms with E-state index >= 15 is 0 Å². The molecule has 0 fully saturated rings. The Morgan fingerprint density at radius 3 is 2.47 bits per heavy atom. The molecule has 3 aromatic carbocycles. The predicted molar refractivity (Wildman–Crippen MR) is 141 cm³/mol. The Morgan fingerprint density at radius 2 is 1.75 bits per heavy atom. The largest absolute Gasteiger partial charge is 0.497 e. The van der Waals surface area contributed by atoms with Crippen molar-refractivity contribution >= 4 is 22.5 Å². The molecule has 0 saturated carbocycles. The minimum Gasteiger partial charge on any atom is -0.497 e. The van der Waals surface area contributed by atoms with Crippen molar-refractivity contribution in [2.24, 2.45) is 7.05 Å². The number of benzene rings is 3. The Balaban J connectivity index is 1.24. The van der Waals surface area contributed by atoms with Crippen LogP contribution in [0.3, 0.4) is 0 Å². The fourth-order valence-electron chi connectivity index (χ4n) is 4.24. The molecule has 0 aliphatic heterocycles. The summed E-state index contributed by atoms with van der Waals surface area (Å²) in [6.07, 6.45) is 4.60. The van der Waals surface area contributed by atoms with Gasteiger partial charge < -0.3 is 24.3 Å². The number of aromatic nitrogens is 3. The van der Waals surface area contributed by atoms with E-state index in [0.29, 0.717) is 19.4 Å². The van der Waals surface area contributed by atoms with Crippen LogP contribution in [0.5, 0.6) is 11.5 Å². The molecule has 7 nitrogen and oxygen atoms in total. The van der Waals surface area contributed by atoms with Crippen molar-refractivity contribution in [2.75, 3.05) is 12.4 Å².